The van der Waals surface area contributed by atoms with E-state index in [-0.39, 0.29) is 43.0 Å². The van der Waals surface area contributed by atoms with Crippen LogP contribution in [0.4, 0.5) is 10.1 Å². The molecule has 2 aliphatic rings. The molecule has 0 bridgehead atoms. The lowest BCUT2D eigenvalue weighted by Gasteiger charge is -2.38. The average Bonchev–Trinajstić information content (AvgIpc) is 2.61. The van der Waals surface area contributed by atoms with Crippen LogP contribution in [-0.2, 0) is 9.59 Å². The largest absolute Gasteiger partial charge is 0.394 e. The molecule has 134 valence electrons. The van der Waals surface area contributed by atoms with Gasteiger partial charge in [0.25, 0.3) is 5.91 Å². The summed E-state index contributed by atoms with van der Waals surface area (Å²) in [6.07, 6.45) is 2.03. The molecule has 2 heterocycles. The second-order valence-electron chi connectivity index (χ2n) is 6.70. The molecular formula is C18H22FN3O3. The van der Waals surface area contributed by atoms with E-state index in [0.29, 0.717) is 18.2 Å². The highest BCUT2D eigenvalue weighted by Crippen LogP contribution is 2.25. The van der Waals surface area contributed by atoms with Gasteiger partial charge in [0.05, 0.1) is 18.3 Å². The summed E-state index contributed by atoms with van der Waals surface area (Å²) < 4.78 is 13.4. The number of aliphatic hydroxyl groups is 1. The monoisotopic (exact) mass is 347 g/mol. The number of hydrogen-bond donors (Lipinski definition) is 1. The van der Waals surface area contributed by atoms with Gasteiger partial charge in [-0.25, -0.2) is 9.40 Å². The minimum Gasteiger partial charge on any atom is -0.394 e. The third-order valence-corrected chi connectivity index (χ3v) is 4.78. The average molecular weight is 347 g/mol. The van der Waals surface area contributed by atoms with Crippen LogP contribution in [0.2, 0.25) is 0 Å². The number of piperidine rings is 1. The molecule has 6 nitrogen and oxygen atoms in total. The number of benzene rings is 1. The molecule has 1 N–H and O–H groups in total. The summed E-state index contributed by atoms with van der Waals surface area (Å²) in [6, 6.07) is 5.36. The number of likely N-dealkylation sites (tertiary alicyclic amines) is 1. The Morgan fingerprint density at radius 3 is 2.92 bits per heavy atom. The number of carbonyl (C=O) groups is 2. The van der Waals surface area contributed by atoms with Crippen molar-refractivity contribution in [2.45, 2.75) is 38.6 Å². The third-order valence-electron chi connectivity index (χ3n) is 4.78. The number of anilines is 1. The van der Waals surface area contributed by atoms with Gasteiger partial charge in [-0.3, -0.25) is 9.59 Å². The van der Waals surface area contributed by atoms with Crippen molar-refractivity contribution in [3.63, 3.8) is 0 Å². The number of aliphatic hydroxyl groups excluding tert-OH is 1. The van der Waals surface area contributed by atoms with Crippen molar-refractivity contribution in [1.29, 1.82) is 0 Å². The van der Waals surface area contributed by atoms with E-state index in [9.17, 15) is 19.1 Å². The molecule has 1 saturated heterocycles. The fraction of sp³-hybridized carbons (Fsp3) is 0.500. The van der Waals surface area contributed by atoms with E-state index in [4.69, 9.17) is 0 Å². The van der Waals surface area contributed by atoms with Crippen LogP contribution in [-0.4, -0.2) is 46.7 Å². The van der Waals surface area contributed by atoms with E-state index < -0.39 is 5.82 Å². The SMILES string of the molecule is C[C@@H]1CCN(C(=O)C2=NN(c3cccc(F)c3)C(=O)CC2)[C@H](CO)C1. The first-order chi connectivity index (χ1) is 12.0. The number of rotatable bonds is 3. The molecule has 2 amide bonds. The van der Waals surface area contributed by atoms with E-state index >= 15 is 0 Å². The molecule has 25 heavy (non-hydrogen) atoms. The molecule has 0 saturated carbocycles. The Labute approximate surface area is 145 Å². The molecule has 0 aromatic heterocycles. The van der Waals surface area contributed by atoms with Gasteiger partial charge < -0.3 is 10.0 Å². The normalized spacial score (nSPS) is 24.3. The second kappa shape index (κ2) is 7.31. The molecule has 0 radical (unpaired) electrons. The van der Waals surface area contributed by atoms with E-state index in [1.807, 2.05) is 0 Å². The fourth-order valence-electron chi connectivity index (χ4n) is 3.37. The van der Waals surface area contributed by atoms with Gasteiger partial charge in [-0.05, 0) is 37.0 Å². The zero-order chi connectivity index (χ0) is 18.0. The van der Waals surface area contributed by atoms with Crippen LogP contribution in [0.15, 0.2) is 29.4 Å². The van der Waals surface area contributed by atoms with Crippen molar-refractivity contribution in [3.8, 4) is 0 Å². The van der Waals surface area contributed by atoms with Crippen molar-refractivity contribution in [1.82, 2.24) is 4.90 Å². The Balaban J connectivity index is 1.84. The first kappa shape index (κ1) is 17.5. The van der Waals surface area contributed by atoms with Crippen LogP contribution < -0.4 is 5.01 Å². The molecule has 0 aliphatic carbocycles. The minimum atomic E-state index is -0.468. The Kier molecular flexibility index (Phi) is 5.13. The predicted molar refractivity (Wildman–Crippen MR) is 91.5 cm³/mol. The summed E-state index contributed by atoms with van der Waals surface area (Å²) in [5, 5.41) is 14.9. The van der Waals surface area contributed by atoms with Crippen LogP contribution in [0.5, 0.6) is 0 Å². The lowest BCUT2D eigenvalue weighted by molar-refractivity contribution is -0.129. The van der Waals surface area contributed by atoms with Crippen LogP contribution in [0.3, 0.4) is 0 Å². The zero-order valence-corrected chi connectivity index (χ0v) is 14.2. The lowest BCUT2D eigenvalue weighted by atomic mass is 9.92. The summed E-state index contributed by atoms with van der Waals surface area (Å²) in [5.41, 5.74) is 0.581. The molecule has 1 aromatic carbocycles. The maximum atomic E-state index is 13.4. The molecule has 0 spiro atoms. The summed E-state index contributed by atoms with van der Waals surface area (Å²) in [6.45, 7) is 2.58. The number of halogens is 1. The maximum absolute atomic E-state index is 13.4. The first-order valence-corrected chi connectivity index (χ1v) is 8.57. The van der Waals surface area contributed by atoms with Gasteiger partial charge in [0.15, 0.2) is 0 Å². The fourth-order valence-corrected chi connectivity index (χ4v) is 3.37. The van der Waals surface area contributed by atoms with Gasteiger partial charge in [0.2, 0.25) is 5.91 Å². The first-order valence-electron chi connectivity index (χ1n) is 8.57. The lowest BCUT2D eigenvalue weighted by Crippen LogP contribution is -2.51. The van der Waals surface area contributed by atoms with Crippen LogP contribution in [0.25, 0.3) is 0 Å². The van der Waals surface area contributed by atoms with Crippen molar-refractivity contribution in [2.24, 2.45) is 11.0 Å². The highest BCUT2D eigenvalue weighted by molar-refractivity contribution is 6.40. The van der Waals surface area contributed by atoms with Crippen molar-refractivity contribution in [2.75, 3.05) is 18.2 Å². The standard InChI is InChI=1S/C18H22FN3O3/c1-12-7-8-21(15(9-12)11-23)18(25)16-5-6-17(24)22(20-16)14-4-2-3-13(19)10-14/h2-4,10,12,15,23H,5-9,11H2,1H3/t12-,15+/m1/s1. The summed E-state index contributed by atoms with van der Waals surface area (Å²) in [7, 11) is 0. The molecule has 7 heteroatoms. The van der Waals surface area contributed by atoms with E-state index in [1.165, 1.54) is 18.2 Å². The number of hydrogen-bond acceptors (Lipinski definition) is 4. The van der Waals surface area contributed by atoms with Gasteiger partial charge in [0.1, 0.15) is 11.5 Å². The van der Waals surface area contributed by atoms with Gasteiger partial charge in [-0.15, -0.1) is 0 Å². The second-order valence-corrected chi connectivity index (χ2v) is 6.70. The molecule has 0 unspecified atom stereocenters. The van der Waals surface area contributed by atoms with Gasteiger partial charge in [0, 0.05) is 19.4 Å². The van der Waals surface area contributed by atoms with E-state index in [1.54, 1.807) is 11.0 Å². The van der Waals surface area contributed by atoms with Crippen LogP contribution in [0.1, 0.15) is 32.6 Å². The molecular weight excluding hydrogens is 325 g/mol. The molecule has 1 aromatic rings. The predicted octanol–water partition coefficient (Wildman–Crippen LogP) is 1.93. The minimum absolute atomic E-state index is 0.0874. The molecule has 3 rings (SSSR count). The van der Waals surface area contributed by atoms with Crippen molar-refractivity contribution < 1.29 is 19.1 Å². The van der Waals surface area contributed by atoms with Crippen LogP contribution >= 0.6 is 0 Å². The summed E-state index contributed by atoms with van der Waals surface area (Å²) in [5.74, 6) is -0.530. The highest BCUT2D eigenvalue weighted by atomic mass is 19.1. The third kappa shape index (κ3) is 3.71. The van der Waals surface area contributed by atoms with Gasteiger partial charge >= 0.3 is 0 Å². The van der Waals surface area contributed by atoms with Gasteiger partial charge in [-0.2, -0.15) is 5.10 Å². The Bertz CT molecular complexity index is 707. The quantitative estimate of drug-likeness (QED) is 0.908. The number of amides is 2. The summed E-state index contributed by atoms with van der Waals surface area (Å²) >= 11 is 0. The van der Waals surface area contributed by atoms with Crippen molar-refractivity contribution >= 4 is 23.2 Å². The smallest absolute Gasteiger partial charge is 0.270 e. The number of carbonyl (C=O) groups excluding carboxylic acids is 2. The topological polar surface area (TPSA) is 73.2 Å². The number of hydrazone groups is 1. The van der Waals surface area contributed by atoms with E-state index in [2.05, 4.69) is 12.0 Å². The van der Waals surface area contributed by atoms with Gasteiger partial charge in [-0.1, -0.05) is 13.0 Å². The van der Waals surface area contributed by atoms with E-state index in [0.717, 1.165) is 17.9 Å². The Morgan fingerprint density at radius 2 is 2.20 bits per heavy atom. The summed E-state index contributed by atoms with van der Waals surface area (Å²) in [4.78, 5) is 26.6. The Hall–Kier alpha value is -2.28. The molecule has 2 atom stereocenters. The number of nitrogens with zero attached hydrogens (tertiary/aromatic N) is 3. The zero-order valence-electron chi connectivity index (χ0n) is 14.2. The van der Waals surface area contributed by atoms with Crippen LogP contribution in [0, 0.1) is 11.7 Å². The van der Waals surface area contributed by atoms with Crippen molar-refractivity contribution in [3.05, 3.63) is 30.1 Å². The highest BCUT2D eigenvalue weighted by Gasteiger charge is 2.34. The molecule has 2 aliphatic heterocycles. The molecule has 1 fully saturated rings. The Morgan fingerprint density at radius 1 is 1.40 bits per heavy atom. The maximum Gasteiger partial charge on any atom is 0.270 e.